The quantitative estimate of drug-likeness (QED) is 0.130. The number of carbonyl (C=O) groups is 1. The van der Waals surface area contributed by atoms with E-state index in [4.69, 9.17) is 35.2 Å². The van der Waals surface area contributed by atoms with E-state index < -0.39 is 5.97 Å². The molecule has 5 aromatic rings. The summed E-state index contributed by atoms with van der Waals surface area (Å²) in [7, 11) is 1.44. The van der Waals surface area contributed by atoms with Gasteiger partial charge in [-0.3, -0.25) is 4.79 Å². The van der Waals surface area contributed by atoms with Gasteiger partial charge >= 0.3 is 5.97 Å². The Morgan fingerprint density at radius 3 is 2.75 bits per heavy atom. The number of para-hydroxylation sites is 1. The molecule has 2 aromatic heterocycles. The monoisotopic (exact) mass is 687 g/mol. The van der Waals surface area contributed by atoms with Gasteiger partial charge in [-0.05, 0) is 65.3 Å². The van der Waals surface area contributed by atoms with E-state index in [2.05, 4.69) is 37.0 Å². The van der Waals surface area contributed by atoms with Crippen molar-refractivity contribution in [3.8, 4) is 23.1 Å². The lowest BCUT2D eigenvalue weighted by molar-refractivity contribution is -0.145. The van der Waals surface area contributed by atoms with Crippen molar-refractivity contribution in [1.29, 1.82) is 0 Å². The molecule has 0 N–H and O–H groups in total. The molecule has 3 aromatic carbocycles. The summed E-state index contributed by atoms with van der Waals surface area (Å²) in [6.07, 6.45) is 1.44. The number of halogens is 3. The fourth-order valence-electron chi connectivity index (χ4n) is 3.95. The number of esters is 1. The van der Waals surface area contributed by atoms with Gasteiger partial charge in [0.15, 0.2) is 23.9 Å². The largest absolute Gasteiger partial charge is 0.493 e. The Morgan fingerprint density at radius 1 is 1.18 bits per heavy atom. The van der Waals surface area contributed by atoms with Crippen LogP contribution in [0.5, 0.6) is 11.5 Å². The minimum absolute atomic E-state index is 0.150. The minimum Gasteiger partial charge on any atom is -0.493 e. The molecular weight excluding hydrogens is 670 g/mol. The van der Waals surface area contributed by atoms with E-state index in [9.17, 15) is 9.59 Å². The van der Waals surface area contributed by atoms with Gasteiger partial charge in [0.25, 0.3) is 5.56 Å². The lowest BCUT2D eigenvalue weighted by Gasteiger charge is -2.14. The maximum atomic E-state index is 13.6. The Labute approximate surface area is 249 Å². The van der Waals surface area contributed by atoms with Gasteiger partial charge in [-0.2, -0.15) is 9.78 Å². The second-order valence-electron chi connectivity index (χ2n) is 8.33. The molecule has 12 heteroatoms. The van der Waals surface area contributed by atoms with Gasteiger partial charge in [-0.1, -0.05) is 39.7 Å². The van der Waals surface area contributed by atoms with Crippen molar-refractivity contribution in [2.24, 2.45) is 5.10 Å². The first-order valence-electron chi connectivity index (χ1n) is 11.9. The van der Waals surface area contributed by atoms with Gasteiger partial charge in [0, 0.05) is 19.9 Å². The summed E-state index contributed by atoms with van der Waals surface area (Å²) >= 11 is 13.5. The maximum Gasteiger partial charge on any atom is 0.344 e. The van der Waals surface area contributed by atoms with Crippen LogP contribution in [-0.2, 0) is 9.53 Å². The van der Waals surface area contributed by atoms with Crippen molar-refractivity contribution in [2.75, 3.05) is 20.3 Å². The van der Waals surface area contributed by atoms with E-state index in [0.29, 0.717) is 32.3 Å². The zero-order valence-electron chi connectivity index (χ0n) is 21.1. The Kier molecular flexibility index (Phi) is 8.24. The van der Waals surface area contributed by atoms with Crippen molar-refractivity contribution < 1.29 is 23.4 Å². The van der Waals surface area contributed by atoms with Crippen LogP contribution >= 0.6 is 43.5 Å². The smallest absolute Gasteiger partial charge is 0.344 e. The number of aromatic nitrogens is 2. The highest BCUT2D eigenvalue weighted by atomic mass is 79.9. The van der Waals surface area contributed by atoms with E-state index in [0.717, 1.165) is 9.86 Å². The summed E-state index contributed by atoms with van der Waals surface area (Å²) < 4.78 is 24.4. The maximum absolute atomic E-state index is 13.6. The Bertz CT molecular complexity index is 1850. The molecule has 2 heterocycles. The molecule has 0 amide bonds. The van der Waals surface area contributed by atoms with E-state index in [1.807, 2.05) is 18.2 Å². The molecule has 0 unspecified atom stereocenters. The first-order chi connectivity index (χ1) is 19.3. The number of nitrogens with zero attached hydrogens (tertiary/aromatic N) is 3. The molecule has 0 saturated carbocycles. The molecule has 0 fully saturated rings. The predicted molar refractivity (Wildman–Crippen MR) is 160 cm³/mol. The number of methoxy groups -OCH3 is 1. The lowest BCUT2D eigenvalue weighted by Crippen LogP contribution is -2.20. The highest BCUT2D eigenvalue weighted by molar-refractivity contribution is 9.10. The van der Waals surface area contributed by atoms with Gasteiger partial charge in [0.2, 0.25) is 5.82 Å². The number of furan rings is 1. The van der Waals surface area contributed by atoms with Crippen LogP contribution in [-0.4, -0.2) is 42.2 Å². The van der Waals surface area contributed by atoms with E-state index >= 15 is 0 Å². The third-order valence-electron chi connectivity index (χ3n) is 5.78. The normalized spacial score (nSPS) is 11.4. The van der Waals surface area contributed by atoms with Crippen molar-refractivity contribution in [2.45, 2.75) is 6.92 Å². The molecule has 9 nitrogen and oxygen atoms in total. The number of hydrogen-bond acceptors (Lipinski definition) is 8. The molecule has 204 valence electrons. The zero-order chi connectivity index (χ0) is 28.4. The molecule has 40 heavy (non-hydrogen) atoms. The lowest BCUT2D eigenvalue weighted by atomic mass is 10.2. The van der Waals surface area contributed by atoms with Crippen LogP contribution in [0.1, 0.15) is 12.5 Å². The van der Waals surface area contributed by atoms with Crippen LogP contribution < -0.4 is 15.0 Å². The average Bonchev–Trinajstić information content (AvgIpc) is 3.37. The first kappa shape index (κ1) is 27.9. The number of fused-ring (bicyclic) bond motifs is 2. The Morgan fingerprint density at radius 2 is 1.98 bits per heavy atom. The van der Waals surface area contributed by atoms with Crippen LogP contribution in [0.2, 0.25) is 5.02 Å². The van der Waals surface area contributed by atoms with Crippen LogP contribution in [0.25, 0.3) is 33.5 Å². The molecule has 0 saturated heterocycles. The van der Waals surface area contributed by atoms with Gasteiger partial charge in [-0.25, -0.2) is 9.78 Å². The Balaban J connectivity index is 1.61. The topological polar surface area (TPSA) is 105 Å². The summed E-state index contributed by atoms with van der Waals surface area (Å²) in [4.78, 5) is 30.0. The van der Waals surface area contributed by atoms with Crippen LogP contribution in [0.4, 0.5) is 0 Å². The Hall–Kier alpha value is -3.67. The van der Waals surface area contributed by atoms with Crippen LogP contribution in [0, 0.1) is 0 Å². The average molecular weight is 690 g/mol. The number of benzene rings is 3. The van der Waals surface area contributed by atoms with Crippen molar-refractivity contribution in [1.82, 2.24) is 9.66 Å². The molecule has 0 aliphatic heterocycles. The third kappa shape index (κ3) is 5.49. The summed E-state index contributed by atoms with van der Waals surface area (Å²) in [6.45, 7) is 1.58. The molecule has 0 radical (unpaired) electrons. The SMILES string of the molecule is CCOC(=O)COc1c(OC)cc(C=Nn2c(-c3cc4cc(Br)ccc4o3)nc3ccccc3c2=O)c(Br)c1Cl. The predicted octanol–water partition coefficient (Wildman–Crippen LogP) is 6.82. The highest BCUT2D eigenvalue weighted by Crippen LogP contribution is 2.42. The van der Waals surface area contributed by atoms with Crippen molar-refractivity contribution in [3.05, 3.63) is 84.5 Å². The standard InChI is InChI=1S/C28H20Br2ClN3O6/c1-3-38-23(35)14-39-26-21(37-2)12-16(24(30)25(26)31)13-32-34-27(33-19-7-5-4-6-18(19)28(34)36)22-11-15-10-17(29)8-9-20(15)40-22/h4-13H,3,14H2,1-2H3. The number of hydrogen-bond donors (Lipinski definition) is 0. The molecule has 0 atom stereocenters. The fraction of sp³-hybridized carbons (Fsp3) is 0.143. The summed E-state index contributed by atoms with van der Waals surface area (Å²) in [5.41, 5.74) is 1.23. The van der Waals surface area contributed by atoms with Gasteiger partial charge in [0.05, 0.1) is 30.8 Å². The molecule has 5 rings (SSSR count). The van der Waals surface area contributed by atoms with Crippen LogP contribution in [0.3, 0.4) is 0 Å². The second-order valence-corrected chi connectivity index (χ2v) is 10.4. The highest BCUT2D eigenvalue weighted by Gasteiger charge is 2.20. The van der Waals surface area contributed by atoms with E-state index in [1.165, 1.54) is 18.0 Å². The molecule has 0 spiro atoms. The summed E-state index contributed by atoms with van der Waals surface area (Å²) in [5, 5.41) is 5.86. The first-order valence-corrected chi connectivity index (χ1v) is 13.9. The number of carbonyl (C=O) groups excluding carboxylic acids is 1. The number of ether oxygens (including phenoxy) is 3. The third-order valence-corrected chi connectivity index (χ3v) is 7.72. The molecule has 0 aliphatic rings. The van der Waals surface area contributed by atoms with Crippen molar-refractivity contribution in [3.63, 3.8) is 0 Å². The minimum atomic E-state index is -0.545. The second kappa shape index (κ2) is 11.8. The van der Waals surface area contributed by atoms with Gasteiger partial charge < -0.3 is 18.6 Å². The van der Waals surface area contributed by atoms with Crippen LogP contribution in [0.15, 0.2) is 77.9 Å². The van der Waals surface area contributed by atoms with E-state index in [-0.39, 0.29) is 41.1 Å². The van der Waals surface area contributed by atoms with Gasteiger partial charge in [0.1, 0.15) is 10.6 Å². The zero-order valence-corrected chi connectivity index (χ0v) is 25.0. The summed E-state index contributed by atoms with van der Waals surface area (Å²) in [6, 6.07) is 16.0. The van der Waals surface area contributed by atoms with Crippen molar-refractivity contribution >= 4 is 77.5 Å². The molecular formula is C28H20Br2ClN3O6. The molecule has 0 bridgehead atoms. The summed E-state index contributed by atoms with van der Waals surface area (Å²) in [5.74, 6) is 0.448. The number of rotatable bonds is 8. The van der Waals surface area contributed by atoms with E-state index in [1.54, 1.807) is 43.3 Å². The fourth-order valence-corrected chi connectivity index (χ4v) is 4.99. The molecule has 0 aliphatic carbocycles. The van der Waals surface area contributed by atoms with Gasteiger partial charge in [-0.15, -0.1) is 0 Å².